The topological polar surface area (TPSA) is 125 Å². The van der Waals surface area contributed by atoms with Gasteiger partial charge in [-0.05, 0) is 64.4 Å². The summed E-state index contributed by atoms with van der Waals surface area (Å²) in [5, 5.41) is 13.2. The smallest absolute Gasteiger partial charge is 0.313 e. The van der Waals surface area contributed by atoms with E-state index < -0.39 is 65.2 Å². The molecular weight excluding hydrogens is 610 g/mol. The molecule has 3 fully saturated rings. The van der Waals surface area contributed by atoms with Crippen molar-refractivity contribution >= 4 is 23.7 Å². The third-order valence-electron chi connectivity index (χ3n) is 10.0. The van der Waals surface area contributed by atoms with Gasteiger partial charge in [-0.2, -0.15) is 0 Å². The number of hydrogen-bond donors (Lipinski definition) is 2. The second-order valence-electron chi connectivity index (χ2n) is 15.6. The molecule has 264 valence electrons. The van der Waals surface area contributed by atoms with Gasteiger partial charge >= 0.3 is 5.97 Å². The minimum atomic E-state index is -1.25. The van der Waals surface area contributed by atoms with Crippen LogP contribution in [0.5, 0.6) is 0 Å². The summed E-state index contributed by atoms with van der Waals surface area (Å²) >= 11 is 0. The van der Waals surface area contributed by atoms with Crippen LogP contribution in [-0.4, -0.2) is 87.1 Å². The lowest BCUT2D eigenvalue weighted by molar-refractivity contribution is -0.163. The van der Waals surface area contributed by atoms with Gasteiger partial charge in [0, 0.05) is 18.5 Å². The molecule has 0 unspecified atom stereocenters. The van der Waals surface area contributed by atoms with Crippen LogP contribution in [0.4, 0.5) is 0 Å². The van der Waals surface area contributed by atoms with Gasteiger partial charge in [0.15, 0.2) is 0 Å². The van der Waals surface area contributed by atoms with E-state index in [1.165, 1.54) is 4.90 Å². The van der Waals surface area contributed by atoms with E-state index in [1.54, 1.807) is 30.9 Å². The van der Waals surface area contributed by atoms with Gasteiger partial charge in [-0.3, -0.25) is 19.2 Å². The summed E-state index contributed by atoms with van der Waals surface area (Å²) < 4.78 is 12.9. The first-order valence-corrected chi connectivity index (χ1v) is 17.2. The van der Waals surface area contributed by atoms with E-state index in [0.717, 1.165) is 0 Å². The SMILES string of the molecule is C=CCCC(=O)N[C@@H](C)[C@H](OC(=O)[C@@H]1[C@H]2C(=O)N([C@H](C)CO)[C@H](C(=O)N(CC=C)C(C)(C)CC(C)(C)C)[C@]23CC[C@H]1O3)c1ccccc1. The van der Waals surface area contributed by atoms with Crippen molar-refractivity contribution in [2.24, 2.45) is 17.3 Å². The average Bonchev–Trinajstić information content (AvgIpc) is 3.67. The molecule has 3 aliphatic rings. The fourth-order valence-electron chi connectivity index (χ4n) is 8.45. The predicted molar refractivity (Wildman–Crippen MR) is 183 cm³/mol. The van der Waals surface area contributed by atoms with Crippen LogP contribution in [0.1, 0.15) is 92.2 Å². The Balaban J connectivity index is 1.70. The summed E-state index contributed by atoms with van der Waals surface area (Å²) in [4.78, 5) is 59.4. The molecule has 10 heteroatoms. The molecule has 1 aromatic rings. The number of fused-ring (bicyclic) bond motifs is 1. The molecule has 0 aromatic heterocycles. The molecule has 3 heterocycles. The van der Waals surface area contributed by atoms with Gasteiger partial charge in [-0.15, -0.1) is 13.2 Å². The maximum atomic E-state index is 14.8. The van der Waals surface area contributed by atoms with Crippen LogP contribution in [0.25, 0.3) is 0 Å². The number of likely N-dealkylation sites (tertiary alicyclic amines) is 1. The van der Waals surface area contributed by atoms with Crippen LogP contribution in [0.15, 0.2) is 55.6 Å². The van der Waals surface area contributed by atoms with Crippen molar-refractivity contribution in [1.82, 2.24) is 15.1 Å². The van der Waals surface area contributed by atoms with E-state index in [9.17, 15) is 24.3 Å². The van der Waals surface area contributed by atoms with Crippen molar-refractivity contribution in [3.8, 4) is 0 Å². The number of nitrogens with one attached hydrogen (secondary N) is 1. The quantitative estimate of drug-likeness (QED) is 0.205. The Morgan fingerprint density at radius 3 is 2.40 bits per heavy atom. The van der Waals surface area contributed by atoms with Crippen LogP contribution >= 0.6 is 0 Å². The van der Waals surface area contributed by atoms with Crippen molar-refractivity contribution in [1.29, 1.82) is 0 Å². The Labute approximate surface area is 285 Å². The third-order valence-corrected chi connectivity index (χ3v) is 10.0. The van der Waals surface area contributed by atoms with Crippen molar-refractivity contribution in [3.05, 3.63) is 61.2 Å². The van der Waals surface area contributed by atoms with E-state index in [2.05, 4.69) is 39.2 Å². The number of esters is 1. The number of ether oxygens (including phenoxy) is 2. The van der Waals surface area contributed by atoms with E-state index in [0.29, 0.717) is 31.2 Å². The Kier molecular flexibility index (Phi) is 11.3. The number of carbonyl (C=O) groups excluding carboxylic acids is 4. The number of carbonyl (C=O) groups is 4. The first-order chi connectivity index (χ1) is 22.5. The molecule has 1 spiro atoms. The number of hydrogen-bond acceptors (Lipinski definition) is 7. The summed E-state index contributed by atoms with van der Waals surface area (Å²) in [5.74, 6) is -3.40. The van der Waals surface area contributed by atoms with Gasteiger partial charge in [-0.1, -0.05) is 63.3 Å². The first kappa shape index (κ1) is 37.3. The van der Waals surface area contributed by atoms with Crippen LogP contribution in [0.3, 0.4) is 0 Å². The fraction of sp³-hybridized carbons (Fsp3) is 0.632. The lowest BCUT2D eigenvalue weighted by Crippen LogP contribution is -2.62. The van der Waals surface area contributed by atoms with Crippen LogP contribution in [0.2, 0.25) is 0 Å². The van der Waals surface area contributed by atoms with E-state index in [-0.39, 0.29) is 36.8 Å². The zero-order valence-electron chi connectivity index (χ0n) is 29.7. The van der Waals surface area contributed by atoms with Gasteiger partial charge in [0.2, 0.25) is 17.7 Å². The second kappa shape index (κ2) is 14.5. The zero-order valence-corrected chi connectivity index (χ0v) is 29.7. The Morgan fingerprint density at radius 2 is 1.81 bits per heavy atom. The molecule has 3 aliphatic heterocycles. The van der Waals surface area contributed by atoms with Gasteiger partial charge in [0.05, 0.1) is 36.6 Å². The van der Waals surface area contributed by atoms with Crippen LogP contribution in [0, 0.1) is 17.3 Å². The maximum Gasteiger partial charge on any atom is 0.313 e. The Bertz CT molecular complexity index is 1370. The molecule has 0 aliphatic carbocycles. The predicted octanol–water partition coefficient (Wildman–Crippen LogP) is 4.73. The van der Waals surface area contributed by atoms with E-state index in [1.807, 2.05) is 44.2 Å². The molecule has 3 amide bonds. The molecule has 0 radical (unpaired) electrons. The molecular formula is C38H55N3O7. The molecule has 3 saturated heterocycles. The number of aliphatic hydroxyl groups is 1. The normalized spacial score (nSPS) is 26.8. The number of rotatable bonds is 15. The lowest BCUT2D eigenvalue weighted by Gasteiger charge is -2.46. The van der Waals surface area contributed by atoms with Gasteiger partial charge < -0.3 is 29.7 Å². The number of allylic oxidation sites excluding steroid dienone is 1. The average molecular weight is 666 g/mol. The lowest BCUT2D eigenvalue weighted by atomic mass is 9.70. The summed E-state index contributed by atoms with van der Waals surface area (Å²) in [6, 6.07) is 6.88. The third kappa shape index (κ3) is 7.25. The summed E-state index contributed by atoms with van der Waals surface area (Å²) in [6.45, 7) is 21.4. The molecule has 10 nitrogen and oxygen atoms in total. The van der Waals surface area contributed by atoms with Crippen molar-refractivity contribution in [3.63, 3.8) is 0 Å². The largest absolute Gasteiger partial charge is 0.455 e. The van der Waals surface area contributed by atoms with Gasteiger partial charge in [-0.25, -0.2) is 0 Å². The highest BCUT2D eigenvalue weighted by Crippen LogP contribution is 2.59. The van der Waals surface area contributed by atoms with Gasteiger partial charge in [0.1, 0.15) is 17.7 Å². The zero-order chi connectivity index (χ0) is 35.6. The van der Waals surface area contributed by atoms with Crippen molar-refractivity contribution < 1.29 is 33.8 Å². The molecule has 1 aromatic carbocycles. The highest BCUT2D eigenvalue weighted by Gasteiger charge is 2.75. The highest BCUT2D eigenvalue weighted by atomic mass is 16.6. The molecule has 8 atom stereocenters. The minimum absolute atomic E-state index is 0.0949. The van der Waals surface area contributed by atoms with Crippen LogP contribution in [-0.2, 0) is 28.7 Å². The minimum Gasteiger partial charge on any atom is -0.455 e. The van der Waals surface area contributed by atoms with Crippen LogP contribution < -0.4 is 5.32 Å². The molecule has 0 saturated carbocycles. The molecule has 48 heavy (non-hydrogen) atoms. The summed E-state index contributed by atoms with van der Waals surface area (Å²) in [5.41, 5.74) is -1.25. The van der Waals surface area contributed by atoms with Gasteiger partial charge in [0.25, 0.3) is 0 Å². The van der Waals surface area contributed by atoms with E-state index in [4.69, 9.17) is 9.47 Å². The highest BCUT2D eigenvalue weighted by molar-refractivity contribution is 5.98. The Hall–Kier alpha value is -3.50. The first-order valence-electron chi connectivity index (χ1n) is 17.2. The summed E-state index contributed by atoms with van der Waals surface area (Å²) in [7, 11) is 0. The maximum absolute atomic E-state index is 14.8. The molecule has 4 rings (SSSR count). The summed E-state index contributed by atoms with van der Waals surface area (Å²) in [6.07, 6.45) is 4.27. The Morgan fingerprint density at radius 1 is 1.15 bits per heavy atom. The van der Waals surface area contributed by atoms with E-state index >= 15 is 0 Å². The standard InChI is InChI=1S/C38H55N3O7/c1-10-12-18-28(43)39-25(4)31(26-16-14-13-15-17-26)47-35(46)29-27-19-20-38(48-27)30(29)33(44)41(24(3)22-42)32(38)34(45)40(21-11-2)37(8,9)23-36(5,6)7/h10-11,13-17,24-25,27,29-32,42H,1-2,12,18-23H2,3-9H3,(H,39,43)/t24-,25+,27-,29+,30+,31+,32-,38+/m1/s1. The molecule has 2 N–H and O–H groups in total. The molecule has 2 bridgehead atoms. The van der Waals surface area contributed by atoms with Crippen molar-refractivity contribution in [2.45, 2.75) is 122 Å². The number of nitrogens with zero attached hydrogens (tertiary/aromatic N) is 2. The monoisotopic (exact) mass is 665 g/mol. The second-order valence-corrected chi connectivity index (χ2v) is 15.6. The number of aliphatic hydroxyl groups excluding tert-OH is 1. The number of amides is 3. The number of benzene rings is 1. The fourth-order valence-corrected chi connectivity index (χ4v) is 8.45. The van der Waals surface area contributed by atoms with Crippen molar-refractivity contribution in [2.75, 3.05) is 13.2 Å².